The van der Waals surface area contributed by atoms with E-state index in [-0.39, 0.29) is 23.9 Å². The second-order valence-corrected chi connectivity index (χ2v) is 4.65. The van der Waals surface area contributed by atoms with Crippen molar-refractivity contribution >= 4 is 23.4 Å². The van der Waals surface area contributed by atoms with E-state index in [0.717, 1.165) is 36.9 Å². The van der Waals surface area contributed by atoms with E-state index in [2.05, 4.69) is 15.3 Å². The van der Waals surface area contributed by atoms with E-state index in [4.69, 9.17) is 0 Å². The largest absolute Gasteiger partial charge is 0.317 e. The molecule has 3 heterocycles. The molecule has 6 heteroatoms. The summed E-state index contributed by atoms with van der Waals surface area (Å²) in [6.45, 7) is 1.87. The van der Waals surface area contributed by atoms with E-state index < -0.39 is 5.95 Å². The molecule has 0 spiro atoms. The monoisotopic (exact) mass is 283 g/mol. The quantitative estimate of drug-likeness (QED) is 0.787. The number of H-pyrrole nitrogens is 1. The molecule has 0 saturated carbocycles. The highest BCUT2D eigenvalue weighted by atomic mass is 35.5. The van der Waals surface area contributed by atoms with Gasteiger partial charge in [0.1, 0.15) is 5.65 Å². The van der Waals surface area contributed by atoms with E-state index in [9.17, 15) is 9.18 Å². The molecule has 2 aromatic rings. The van der Waals surface area contributed by atoms with Crippen LogP contribution in [-0.4, -0.2) is 23.1 Å². The van der Waals surface area contributed by atoms with E-state index in [1.807, 2.05) is 6.07 Å². The number of rotatable bonds is 1. The van der Waals surface area contributed by atoms with E-state index in [0.29, 0.717) is 5.65 Å². The Hall–Kier alpha value is -1.46. The molecule has 19 heavy (non-hydrogen) atoms. The molecule has 1 aliphatic rings. The minimum atomic E-state index is -0.576. The zero-order valence-corrected chi connectivity index (χ0v) is 11.1. The maximum Gasteiger partial charge on any atom is 0.253 e. The summed E-state index contributed by atoms with van der Waals surface area (Å²) in [6, 6.07) is 4.81. The molecular formula is C13H15ClFN3O. The SMILES string of the molecule is Cl.O=c1[nH]c2nc(F)ccc2cc1C1CCNCC1. The average Bonchev–Trinajstić information content (AvgIpc) is 2.39. The predicted molar refractivity (Wildman–Crippen MR) is 74.4 cm³/mol. The molecule has 0 bridgehead atoms. The van der Waals surface area contributed by atoms with Crippen LogP contribution >= 0.6 is 12.4 Å². The summed E-state index contributed by atoms with van der Waals surface area (Å²) in [5.41, 5.74) is 0.961. The standard InChI is InChI=1S/C13H14FN3O.ClH/c14-11-2-1-9-7-10(8-3-5-15-6-4-8)13(18)17-12(9)16-11;/h1-2,7-8,15H,3-6H2,(H,16,17,18);1H. The van der Waals surface area contributed by atoms with E-state index >= 15 is 0 Å². The fourth-order valence-electron chi connectivity index (χ4n) is 2.51. The van der Waals surface area contributed by atoms with Gasteiger partial charge in [-0.1, -0.05) is 0 Å². The lowest BCUT2D eigenvalue weighted by Crippen LogP contribution is -2.29. The van der Waals surface area contributed by atoms with Crippen molar-refractivity contribution in [2.45, 2.75) is 18.8 Å². The Kier molecular flexibility index (Phi) is 4.17. The first-order valence-corrected chi connectivity index (χ1v) is 6.14. The van der Waals surface area contributed by atoms with Crippen LogP contribution in [0.3, 0.4) is 0 Å². The van der Waals surface area contributed by atoms with Gasteiger partial charge in [0.2, 0.25) is 5.95 Å². The molecule has 0 aromatic carbocycles. The van der Waals surface area contributed by atoms with Gasteiger partial charge in [-0.2, -0.15) is 4.39 Å². The highest BCUT2D eigenvalue weighted by Gasteiger charge is 2.18. The molecule has 1 aliphatic heterocycles. The first-order chi connectivity index (χ1) is 8.74. The lowest BCUT2D eigenvalue weighted by molar-refractivity contribution is 0.458. The number of aromatic amines is 1. The number of pyridine rings is 2. The van der Waals surface area contributed by atoms with Crippen LogP contribution in [0.1, 0.15) is 24.3 Å². The van der Waals surface area contributed by atoms with Gasteiger partial charge in [-0.3, -0.25) is 4.79 Å². The van der Waals surface area contributed by atoms with Gasteiger partial charge in [0, 0.05) is 10.9 Å². The molecule has 4 nitrogen and oxygen atoms in total. The lowest BCUT2D eigenvalue weighted by atomic mass is 9.91. The van der Waals surface area contributed by atoms with Gasteiger partial charge in [0.05, 0.1) is 0 Å². The fourth-order valence-corrected chi connectivity index (χ4v) is 2.51. The van der Waals surface area contributed by atoms with Crippen molar-refractivity contribution in [3.05, 3.63) is 40.1 Å². The highest BCUT2D eigenvalue weighted by Crippen LogP contribution is 2.24. The van der Waals surface area contributed by atoms with E-state index in [1.165, 1.54) is 6.07 Å². The van der Waals surface area contributed by atoms with Crippen LogP contribution in [-0.2, 0) is 0 Å². The van der Waals surface area contributed by atoms with Crippen molar-refractivity contribution in [2.24, 2.45) is 0 Å². The summed E-state index contributed by atoms with van der Waals surface area (Å²) in [6.07, 6.45) is 1.92. The summed E-state index contributed by atoms with van der Waals surface area (Å²) >= 11 is 0. The maximum absolute atomic E-state index is 13.0. The zero-order chi connectivity index (χ0) is 12.5. The molecule has 1 saturated heterocycles. The number of nitrogens with zero attached hydrogens (tertiary/aromatic N) is 1. The first-order valence-electron chi connectivity index (χ1n) is 6.14. The Morgan fingerprint density at radius 1 is 1.26 bits per heavy atom. The Bertz CT molecular complexity index is 637. The summed E-state index contributed by atoms with van der Waals surface area (Å²) in [5.74, 6) is -0.294. The molecule has 0 aliphatic carbocycles. The minimum absolute atomic E-state index is 0. The molecule has 0 atom stereocenters. The Morgan fingerprint density at radius 2 is 2.00 bits per heavy atom. The van der Waals surface area contributed by atoms with Gasteiger partial charge >= 0.3 is 0 Å². The summed E-state index contributed by atoms with van der Waals surface area (Å²) in [4.78, 5) is 18.4. The highest BCUT2D eigenvalue weighted by molar-refractivity contribution is 5.85. The number of nitrogens with one attached hydrogen (secondary N) is 2. The second-order valence-electron chi connectivity index (χ2n) is 4.65. The molecule has 1 fully saturated rings. The Balaban J connectivity index is 0.00000133. The predicted octanol–water partition coefficient (Wildman–Crippen LogP) is 1.95. The third-order valence-corrected chi connectivity index (χ3v) is 3.48. The van der Waals surface area contributed by atoms with Crippen LogP contribution in [0.5, 0.6) is 0 Å². The molecule has 102 valence electrons. The summed E-state index contributed by atoms with van der Waals surface area (Å²) in [7, 11) is 0. The number of halogens is 2. The number of fused-ring (bicyclic) bond motifs is 1. The van der Waals surface area contributed by atoms with Gasteiger partial charge in [-0.25, -0.2) is 4.98 Å². The third-order valence-electron chi connectivity index (χ3n) is 3.48. The topological polar surface area (TPSA) is 57.8 Å². The number of piperidine rings is 1. The number of hydrogen-bond donors (Lipinski definition) is 2. The van der Waals surface area contributed by atoms with Crippen LogP contribution in [0, 0.1) is 5.95 Å². The zero-order valence-electron chi connectivity index (χ0n) is 10.3. The first kappa shape index (κ1) is 14.0. The van der Waals surface area contributed by atoms with Crippen LogP contribution in [0.4, 0.5) is 4.39 Å². The van der Waals surface area contributed by atoms with Gasteiger partial charge in [-0.15, -0.1) is 12.4 Å². The fraction of sp³-hybridized carbons (Fsp3) is 0.385. The molecular weight excluding hydrogens is 269 g/mol. The van der Waals surface area contributed by atoms with Crippen molar-refractivity contribution in [1.29, 1.82) is 0 Å². The minimum Gasteiger partial charge on any atom is -0.317 e. The van der Waals surface area contributed by atoms with Crippen LogP contribution < -0.4 is 10.9 Å². The Labute approximate surface area is 115 Å². The number of hydrogen-bond acceptors (Lipinski definition) is 3. The maximum atomic E-state index is 13.0. The molecule has 0 amide bonds. The normalized spacial score (nSPS) is 16.3. The Morgan fingerprint density at radius 3 is 2.74 bits per heavy atom. The van der Waals surface area contributed by atoms with Crippen molar-refractivity contribution in [3.63, 3.8) is 0 Å². The second kappa shape index (κ2) is 5.67. The van der Waals surface area contributed by atoms with Gasteiger partial charge in [0.25, 0.3) is 5.56 Å². The van der Waals surface area contributed by atoms with Crippen molar-refractivity contribution in [2.75, 3.05) is 13.1 Å². The molecule has 2 N–H and O–H groups in total. The van der Waals surface area contributed by atoms with Gasteiger partial charge < -0.3 is 10.3 Å². The summed E-state index contributed by atoms with van der Waals surface area (Å²) < 4.78 is 13.0. The van der Waals surface area contributed by atoms with Crippen LogP contribution in [0.25, 0.3) is 11.0 Å². The average molecular weight is 284 g/mol. The third kappa shape index (κ3) is 2.77. The molecule has 0 radical (unpaired) electrons. The van der Waals surface area contributed by atoms with Crippen molar-refractivity contribution in [3.8, 4) is 0 Å². The van der Waals surface area contributed by atoms with Crippen LogP contribution in [0.15, 0.2) is 23.0 Å². The van der Waals surface area contributed by atoms with Crippen LogP contribution in [0.2, 0.25) is 0 Å². The molecule has 2 aromatic heterocycles. The van der Waals surface area contributed by atoms with E-state index in [1.54, 1.807) is 6.07 Å². The van der Waals surface area contributed by atoms with Crippen molar-refractivity contribution in [1.82, 2.24) is 15.3 Å². The summed E-state index contributed by atoms with van der Waals surface area (Å²) in [5, 5.41) is 4.06. The van der Waals surface area contributed by atoms with Gasteiger partial charge in [0.15, 0.2) is 0 Å². The molecule has 3 rings (SSSR count). The molecule has 0 unspecified atom stereocenters. The smallest absolute Gasteiger partial charge is 0.253 e. The van der Waals surface area contributed by atoms with Gasteiger partial charge in [-0.05, 0) is 50.0 Å². The lowest BCUT2D eigenvalue weighted by Gasteiger charge is -2.22. The number of aromatic nitrogens is 2. The van der Waals surface area contributed by atoms with Crippen molar-refractivity contribution < 1.29 is 4.39 Å².